The number of benzene rings is 4. The highest BCUT2D eigenvalue weighted by molar-refractivity contribution is 7.92. The van der Waals surface area contributed by atoms with Crippen molar-refractivity contribution in [2.75, 3.05) is 4.72 Å². The van der Waals surface area contributed by atoms with Crippen molar-refractivity contribution in [3.05, 3.63) is 124 Å². The molecule has 0 unspecified atom stereocenters. The molecule has 1 heterocycles. The van der Waals surface area contributed by atoms with Crippen LogP contribution in [-0.2, 0) is 10.0 Å². The third-order valence-corrected chi connectivity index (χ3v) is 8.99. The molecule has 0 aliphatic rings. The zero-order valence-electron chi connectivity index (χ0n) is 21.5. The van der Waals surface area contributed by atoms with E-state index in [0.29, 0.717) is 16.3 Å². The summed E-state index contributed by atoms with van der Waals surface area (Å²) in [5, 5.41) is 5.10. The lowest BCUT2D eigenvalue weighted by Gasteiger charge is -2.09. The van der Waals surface area contributed by atoms with Crippen molar-refractivity contribution in [1.82, 2.24) is 5.43 Å². The molecule has 0 spiro atoms. The summed E-state index contributed by atoms with van der Waals surface area (Å²) in [7, 11) is -3.76. The molecule has 0 saturated carbocycles. The number of sulfonamides is 1. The van der Waals surface area contributed by atoms with Gasteiger partial charge in [0.1, 0.15) is 10.6 Å². The molecule has 41 heavy (non-hydrogen) atoms. The van der Waals surface area contributed by atoms with Gasteiger partial charge >= 0.3 is 5.97 Å². The summed E-state index contributed by atoms with van der Waals surface area (Å²) in [6.07, 6.45) is 1.36. The summed E-state index contributed by atoms with van der Waals surface area (Å²) < 4.78 is 34.2. The van der Waals surface area contributed by atoms with E-state index in [-0.39, 0.29) is 21.1 Å². The van der Waals surface area contributed by atoms with E-state index in [1.54, 1.807) is 36.4 Å². The Labute approximate surface area is 245 Å². The second-order valence-corrected chi connectivity index (χ2v) is 12.0. The highest BCUT2D eigenvalue weighted by Gasteiger charge is 2.20. The van der Waals surface area contributed by atoms with Crippen molar-refractivity contribution in [3.8, 4) is 5.75 Å². The molecule has 0 saturated heterocycles. The van der Waals surface area contributed by atoms with Crippen molar-refractivity contribution in [1.29, 1.82) is 0 Å². The first-order valence-corrected chi connectivity index (χ1v) is 14.9. The molecule has 11 heteroatoms. The number of thiophene rings is 1. The van der Waals surface area contributed by atoms with E-state index in [4.69, 9.17) is 16.3 Å². The first-order chi connectivity index (χ1) is 19.7. The molecule has 0 radical (unpaired) electrons. The number of hydrogen-bond acceptors (Lipinski definition) is 7. The van der Waals surface area contributed by atoms with E-state index in [1.165, 1.54) is 53.9 Å². The predicted octanol–water partition coefficient (Wildman–Crippen LogP) is 6.65. The first kappa shape index (κ1) is 28.0. The molecule has 0 bridgehead atoms. The van der Waals surface area contributed by atoms with E-state index >= 15 is 0 Å². The van der Waals surface area contributed by atoms with Crippen LogP contribution in [0.2, 0.25) is 5.02 Å². The van der Waals surface area contributed by atoms with E-state index in [9.17, 15) is 18.0 Å². The summed E-state index contributed by atoms with van der Waals surface area (Å²) in [5.41, 5.74) is 4.39. The van der Waals surface area contributed by atoms with Gasteiger partial charge in [-0.3, -0.25) is 9.52 Å². The van der Waals surface area contributed by atoms with E-state index in [0.717, 1.165) is 15.6 Å². The quantitative estimate of drug-likeness (QED) is 0.0892. The van der Waals surface area contributed by atoms with Crippen molar-refractivity contribution in [2.24, 2.45) is 5.10 Å². The van der Waals surface area contributed by atoms with Gasteiger partial charge in [-0.1, -0.05) is 59.6 Å². The van der Waals surface area contributed by atoms with Crippen LogP contribution in [0, 0.1) is 6.92 Å². The number of nitrogens with one attached hydrogen (secondary N) is 2. The number of para-hydroxylation sites is 1. The van der Waals surface area contributed by atoms with Gasteiger partial charge in [0.2, 0.25) is 0 Å². The number of fused-ring (bicyclic) bond motifs is 1. The van der Waals surface area contributed by atoms with Crippen LogP contribution in [-0.4, -0.2) is 26.5 Å². The lowest BCUT2D eigenvalue weighted by atomic mass is 10.2. The fourth-order valence-corrected chi connectivity index (χ4v) is 6.26. The molecule has 1 aromatic heterocycles. The molecule has 206 valence electrons. The number of hydrogen-bond donors (Lipinski definition) is 2. The fraction of sp³-hybridized carbons (Fsp3) is 0.0333. The molecule has 4 aromatic carbocycles. The Morgan fingerprint density at radius 1 is 0.902 bits per heavy atom. The second kappa shape index (κ2) is 11.9. The van der Waals surface area contributed by atoms with Gasteiger partial charge in [0.15, 0.2) is 0 Å². The van der Waals surface area contributed by atoms with E-state index < -0.39 is 21.9 Å². The Balaban J connectivity index is 1.22. The molecule has 0 atom stereocenters. The number of nitrogens with zero attached hydrogens (tertiary/aromatic N) is 1. The highest BCUT2D eigenvalue weighted by atomic mass is 35.5. The van der Waals surface area contributed by atoms with Crippen molar-refractivity contribution in [2.45, 2.75) is 11.8 Å². The maximum Gasteiger partial charge on any atom is 0.355 e. The second-order valence-electron chi connectivity index (χ2n) is 8.86. The molecule has 1 amide bonds. The standard InChI is InChI=1S/C30H22ClN3O5S2/c1-19-10-16-23(17-11-19)41(37,38)34-22-14-12-20(13-15-22)29(35)33-32-18-21-6-2-4-8-25(21)39-30(36)28-27(31)24-7-3-5-9-26(24)40-28/h2-18,34H,1H3,(H,33,35). The van der Waals surface area contributed by atoms with Crippen LogP contribution in [0.4, 0.5) is 5.69 Å². The Morgan fingerprint density at radius 3 is 2.32 bits per heavy atom. The zero-order chi connectivity index (χ0) is 29.0. The van der Waals surface area contributed by atoms with Crippen LogP contribution in [0.5, 0.6) is 5.75 Å². The molecule has 5 aromatic rings. The molecular formula is C30H22ClN3O5S2. The van der Waals surface area contributed by atoms with Gasteiger partial charge in [-0.2, -0.15) is 5.10 Å². The van der Waals surface area contributed by atoms with Crippen LogP contribution in [0.15, 0.2) is 107 Å². The van der Waals surface area contributed by atoms with Crippen molar-refractivity contribution < 1.29 is 22.7 Å². The van der Waals surface area contributed by atoms with Gasteiger partial charge < -0.3 is 4.74 Å². The lowest BCUT2D eigenvalue weighted by molar-refractivity contribution is 0.0739. The highest BCUT2D eigenvalue weighted by Crippen LogP contribution is 2.36. The topological polar surface area (TPSA) is 114 Å². The maximum atomic E-state index is 12.9. The normalized spacial score (nSPS) is 11.5. The van der Waals surface area contributed by atoms with Crippen LogP contribution in [0.25, 0.3) is 10.1 Å². The number of anilines is 1. The number of aryl methyl sites for hydroxylation is 1. The Kier molecular flexibility index (Phi) is 8.16. The molecule has 0 aliphatic carbocycles. The van der Waals surface area contributed by atoms with Gasteiger partial charge in [-0.15, -0.1) is 11.3 Å². The number of carbonyl (C=O) groups is 2. The number of hydrazone groups is 1. The Bertz CT molecular complexity index is 1880. The Hall–Kier alpha value is -4.51. The molecule has 2 N–H and O–H groups in total. The van der Waals surface area contributed by atoms with Gasteiger partial charge in [0.25, 0.3) is 15.9 Å². The lowest BCUT2D eigenvalue weighted by Crippen LogP contribution is -2.18. The third-order valence-electron chi connectivity index (χ3n) is 5.94. The monoisotopic (exact) mass is 603 g/mol. The average molecular weight is 604 g/mol. The smallest absolute Gasteiger partial charge is 0.355 e. The minimum absolute atomic E-state index is 0.136. The summed E-state index contributed by atoms with van der Waals surface area (Å²) >= 11 is 7.66. The predicted molar refractivity (Wildman–Crippen MR) is 162 cm³/mol. The average Bonchev–Trinajstić information content (AvgIpc) is 3.31. The molecule has 5 rings (SSSR count). The Morgan fingerprint density at radius 2 is 1.59 bits per heavy atom. The third kappa shape index (κ3) is 6.46. The maximum absolute atomic E-state index is 12.9. The summed E-state index contributed by atoms with van der Waals surface area (Å²) in [4.78, 5) is 25.9. The van der Waals surface area contributed by atoms with Gasteiger partial charge in [0, 0.05) is 26.9 Å². The number of halogens is 1. The van der Waals surface area contributed by atoms with Crippen LogP contribution < -0.4 is 14.9 Å². The minimum atomic E-state index is -3.76. The molecule has 0 aliphatic heterocycles. The van der Waals surface area contributed by atoms with E-state index in [2.05, 4.69) is 15.2 Å². The van der Waals surface area contributed by atoms with Crippen LogP contribution in [0.3, 0.4) is 0 Å². The number of esters is 1. The number of amides is 1. The SMILES string of the molecule is Cc1ccc(S(=O)(=O)Nc2ccc(C(=O)NN=Cc3ccccc3OC(=O)c3sc4ccccc4c3Cl)cc2)cc1. The summed E-state index contributed by atoms with van der Waals surface area (Å²) in [5.74, 6) is -0.867. The van der Waals surface area contributed by atoms with Crippen LogP contribution >= 0.6 is 22.9 Å². The largest absolute Gasteiger partial charge is 0.422 e. The zero-order valence-corrected chi connectivity index (χ0v) is 23.9. The number of carbonyl (C=O) groups excluding carboxylic acids is 2. The number of rotatable bonds is 8. The van der Waals surface area contributed by atoms with Gasteiger partial charge in [-0.25, -0.2) is 18.6 Å². The van der Waals surface area contributed by atoms with Crippen LogP contribution in [0.1, 0.15) is 31.2 Å². The molecule has 0 fully saturated rings. The van der Waals surface area contributed by atoms with Crippen molar-refractivity contribution >= 4 is 66.8 Å². The number of ether oxygens (including phenoxy) is 1. The van der Waals surface area contributed by atoms with Gasteiger partial charge in [-0.05, 0) is 61.5 Å². The van der Waals surface area contributed by atoms with Gasteiger partial charge in [0.05, 0.1) is 16.1 Å². The summed E-state index contributed by atoms with van der Waals surface area (Å²) in [6, 6.07) is 26.6. The summed E-state index contributed by atoms with van der Waals surface area (Å²) in [6.45, 7) is 1.87. The fourth-order valence-electron chi connectivity index (χ4n) is 3.82. The van der Waals surface area contributed by atoms with Crippen molar-refractivity contribution in [3.63, 3.8) is 0 Å². The molecule has 8 nitrogen and oxygen atoms in total. The van der Waals surface area contributed by atoms with E-state index in [1.807, 2.05) is 31.2 Å². The molecular weight excluding hydrogens is 582 g/mol. The first-order valence-electron chi connectivity index (χ1n) is 12.2. The minimum Gasteiger partial charge on any atom is -0.422 e.